The van der Waals surface area contributed by atoms with Crippen molar-refractivity contribution in [2.24, 2.45) is 11.8 Å². The van der Waals surface area contributed by atoms with E-state index in [0.717, 1.165) is 0 Å². The molecule has 5 N–H and O–H groups in total. The molecule has 0 aromatic rings. The zero-order valence-corrected chi connectivity index (χ0v) is 12.9. The first kappa shape index (κ1) is 18.4. The van der Waals surface area contributed by atoms with Crippen LogP contribution in [0.2, 0.25) is 0 Å². The van der Waals surface area contributed by atoms with Crippen LogP contribution >= 0.6 is 0 Å². The molecule has 0 saturated carbocycles. The fraction of sp³-hybridized carbons (Fsp3) is 0.769. The van der Waals surface area contributed by atoms with E-state index in [0.29, 0.717) is 0 Å². The Bertz CT molecular complexity index is 356. The Labute approximate surface area is 119 Å². The summed E-state index contributed by atoms with van der Waals surface area (Å²) in [6.45, 7) is 7.30. The molecule has 0 aromatic carbocycles. The van der Waals surface area contributed by atoms with Crippen molar-refractivity contribution >= 4 is 17.8 Å². The number of amides is 2. The van der Waals surface area contributed by atoms with Crippen molar-refractivity contribution in [2.45, 2.75) is 39.8 Å². The highest BCUT2D eigenvalue weighted by Crippen LogP contribution is 2.07. The van der Waals surface area contributed by atoms with E-state index >= 15 is 0 Å². The Balaban J connectivity index is 4.89. The summed E-state index contributed by atoms with van der Waals surface area (Å²) in [7, 11) is 1.27. The van der Waals surface area contributed by atoms with Gasteiger partial charge in [-0.25, -0.2) is 4.79 Å². The van der Waals surface area contributed by atoms with Gasteiger partial charge < -0.3 is 21.1 Å². The van der Waals surface area contributed by atoms with Gasteiger partial charge >= 0.3 is 5.97 Å². The van der Waals surface area contributed by atoms with E-state index in [2.05, 4.69) is 21.1 Å². The number of hydrogen-bond donors (Lipinski definition) is 3. The zero-order valence-electron chi connectivity index (χ0n) is 12.9. The molecule has 0 unspecified atom stereocenters. The van der Waals surface area contributed by atoms with Crippen LogP contribution < -0.4 is 16.4 Å². The van der Waals surface area contributed by atoms with E-state index in [9.17, 15) is 14.4 Å². The van der Waals surface area contributed by atoms with Crippen LogP contribution in [0, 0.1) is 11.8 Å². The number of carbonyl (C=O) groups excluding carboxylic acids is 3. The second-order valence-corrected chi connectivity index (χ2v) is 5.29. The lowest BCUT2D eigenvalue weighted by Crippen LogP contribution is -2.61. The Morgan fingerprint density at radius 3 is 1.85 bits per heavy atom. The Kier molecular flexibility index (Phi) is 7.83. The molecule has 0 bridgehead atoms. The van der Waals surface area contributed by atoms with Crippen molar-refractivity contribution in [1.82, 2.24) is 10.6 Å². The Hall–Kier alpha value is -1.63. The van der Waals surface area contributed by atoms with E-state index in [1.54, 1.807) is 13.8 Å². The minimum atomic E-state index is -0.731. The zero-order chi connectivity index (χ0) is 15.9. The minimum absolute atomic E-state index is 0.0567. The van der Waals surface area contributed by atoms with Crippen LogP contribution in [-0.2, 0) is 19.1 Å². The summed E-state index contributed by atoms with van der Waals surface area (Å²) in [4.78, 5) is 35.2. The monoisotopic (exact) mass is 288 g/mol. The highest BCUT2D eigenvalue weighted by Gasteiger charge is 2.30. The molecule has 0 spiro atoms. The van der Waals surface area contributed by atoms with E-state index in [4.69, 9.17) is 0 Å². The molecule has 2 atom stereocenters. The molecule has 0 aliphatic carbocycles. The minimum Gasteiger partial charge on any atom is -0.467 e. The summed E-state index contributed by atoms with van der Waals surface area (Å²) in [6, 6.07) is -1.43. The van der Waals surface area contributed by atoms with Crippen LogP contribution in [0.3, 0.4) is 0 Å². The first-order valence-electron chi connectivity index (χ1n) is 6.71. The van der Waals surface area contributed by atoms with Gasteiger partial charge in [0, 0.05) is 0 Å². The van der Waals surface area contributed by atoms with Gasteiger partial charge in [-0.1, -0.05) is 27.7 Å². The number of hydrogen-bond acceptors (Lipinski definition) is 4. The molecular formula is C13H26N3O4+. The van der Waals surface area contributed by atoms with Crippen LogP contribution in [0.15, 0.2) is 0 Å². The lowest BCUT2D eigenvalue weighted by atomic mass is 10.00. The van der Waals surface area contributed by atoms with Gasteiger partial charge in [-0.2, -0.15) is 0 Å². The predicted molar refractivity (Wildman–Crippen MR) is 73.3 cm³/mol. The van der Waals surface area contributed by atoms with Gasteiger partial charge in [0.25, 0.3) is 5.91 Å². The fourth-order valence-electron chi connectivity index (χ4n) is 1.65. The predicted octanol–water partition coefficient (Wildman–Crippen LogP) is -1.32. The molecule has 7 heteroatoms. The van der Waals surface area contributed by atoms with Gasteiger partial charge in [-0.3, -0.25) is 9.59 Å². The average Bonchev–Trinajstić information content (AvgIpc) is 2.39. The number of esters is 1. The van der Waals surface area contributed by atoms with Crippen molar-refractivity contribution in [3.05, 3.63) is 0 Å². The lowest BCUT2D eigenvalue weighted by Gasteiger charge is -2.25. The third kappa shape index (κ3) is 5.56. The SMILES string of the molecule is COC(=O)[C@@H](NC(=O)[C@@H](NC(=O)C[NH3+])C(C)C)C(C)C. The van der Waals surface area contributed by atoms with Crippen molar-refractivity contribution in [1.29, 1.82) is 0 Å². The van der Waals surface area contributed by atoms with Crippen LogP contribution in [0.5, 0.6) is 0 Å². The topological polar surface area (TPSA) is 112 Å². The fourth-order valence-corrected chi connectivity index (χ4v) is 1.65. The first-order valence-corrected chi connectivity index (χ1v) is 6.71. The molecular weight excluding hydrogens is 262 g/mol. The van der Waals surface area contributed by atoms with Gasteiger partial charge in [-0.05, 0) is 11.8 Å². The van der Waals surface area contributed by atoms with Crippen LogP contribution in [0.25, 0.3) is 0 Å². The number of quaternary nitrogens is 1. The summed E-state index contributed by atoms with van der Waals surface area (Å²) in [5.74, 6) is -1.41. The number of rotatable bonds is 7. The third-order valence-electron chi connectivity index (χ3n) is 2.91. The Morgan fingerprint density at radius 2 is 1.50 bits per heavy atom. The highest BCUT2D eigenvalue weighted by atomic mass is 16.5. The summed E-state index contributed by atoms with van der Waals surface area (Å²) in [5.41, 5.74) is 3.47. The summed E-state index contributed by atoms with van der Waals surface area (Å²) in [6.07, 6.45) is 0. The molecule has 0 rings (SSSR count). The van der Waals surface area contributed by atoms with E-state index in [1.807, 2.05) is 13.8 Å². The van der Waals surface area contributed by atoms with Crippen LogP contribution in [0.4, 0.5) is 0 Å². The maximum atomic E-state index is 12.2. The molecule has 0 aliphatic heterocycles. The lowest BCUT2D eigenvalue weighted by molar-refractivity contribution is -0.355. The number of carbonyl (C=O) groups is 3. The van der Waals surface area contributed by atoms with Crippen LogP contribution in [0.1, 0.15) is 27.7 Å². The second-order valence-electron chi connectivity index (χ2n) is 5.29. The molecule has 0 radical (unpaired) electrons. The normalized spacial score (nSPS) is 13.8. The maximum absolute atomic E-state index is 12.2. The molecule has 7 nitrogen and oxygen atoms in total. The second kappa shape index (κ2) is 8.52. The van der Waals surface area contributed by atoms with Gasteiger partial charge in [-0.15, -0.1) is 0 Å². The number of methoxy groups -OCH3 is 1. The largest absolute Gasteiger partial charge is 0.467 e. The average molecular weight is 288 g/mol. The summed E-state index contributed by atoms with van der Waals surface area (Å²) >= 11 is 0. The number of ether oxygens (including phenoxy) is 1. The Morgan fingerprint density at radius 1 is 1.00 bits per heavy atom. The molecule has 0 aliphatic rings. The maximum Gasteiger partial charge on any atom is 0.328 e. The first-order chi connectivity index (χ1) is 9.24. The van der Waals surface area contributed by atoms with Crippen molar-refractivity contribution in [3.8, 4) is 0 Å². The molecule has 0 fully saturated rings. The van der Waals surface area contributed by atoms with Gasteiger partial charge in [0.2, 0.25) is 5.91 Å². The van der Waals surface area contributed by atoms with E-state index < -0.39 is 24.0 Å². The standard InChI is InChI=1S/C13H25N3O4/c1-7(2)10(15-9(17)6-14)12(18)16-11(8(3)4)13(19)20-5/h7-8,10-11H,6,14H2,1-5H3,(H,15,17)(H,16,18)/p+1/t10-,11-/m0/s1. The molecule has 116 valence electrons. The number of nitrogens with one attached hydrogen (secondary N) is 2. The van der Waals surface area contributed by atoms with Crippen molar-refractivity contribution in [2.75, 3.05) is 13.7 Å². The molecule has 0 saturated heterocycles. The van der Waals surface area contributed by atoms with E-state index in [1.165, 1.54) is 7.11 Å². The molecule has 20 heavy (non-hydrogen) atoms. The summed E-state index contributed by atoms with van der Waals surface area (Å²) < 4.78 is 4.67. The summed E-state index contributed by atoms with van der Waals surface area (Å²) in [5, 5.41) is 5.23. The van der Waals surface area contributed by atoms with Crippen LogP contribution in [-0.4, -0.2) is 43.5 Å². The van der Waals surface area contributed by atoms with Crippen molar-refractivity contribution < 1.29 is 24.9 Å². The van der Waals surface area contributed by atoms with Gasteiger partial charge in [0.1, 0.15) is 12.1 Å². The molecule has 0 aromatic heterocycles. The van der Waals surface area contributed by atoms with Gasteiger partial charge in [0.15, 0.2) is 6.54 Å². The smallest absolute Gasteiger partial charge is 0.328 e. The van der Waals surface area contributed by atoms with E-state index in [-0.39, 0.29) is 24.3 Å². The molecule has 2 amide bonds. The molecule has 0 heterocycles. The highest BCUT2D eigenvalue weighted by molar-refractivity contribution is 5.91. The third-order valence-corrected chi connectivity index (χ3v) is 2.91. The van der Waals surface area contributed by atoms with Gasteiger partial charge in [0.05, 0.1) is 7.11 Å². The quantitative estimate of drug-likeness (QED) is 0.504. The van der Waals surface area contributed by atoms with Crippen molar-refractivity contribution in [3.63, 3.8) is 0 Å².